The molecule has 0 saturated carbocycles. The first-order valence-electron chi connectivity index (χ1n) is 5.52. The molecule has 102 valence electrons. The standard InChI is InChI=1S/C12H18BrFN2OS/c1-7-9(5-8(14)6-10(7)13)11(15)16-18(17)12(2,3)4/h5-6,11,16H,15H2,1-4H3/t11-,18?/m0/s1. The molecule has 6 heteroatoms. The third-order valence-corrected chi connectivity index (χ3v) is 4.88. The van der Waals surface area contributed by atoms with Crippen LogP contribution in [0, 0.1) is 12.7 Å². The Balaban J connectivity index is 2.95. The molecule has 3 N–H and O–H groups in total. The second-order valence-corrected chi connectivity index (χ2v) is 7.93. The minimum Gasteiger partial charge on any atom is -0.598 e. The van der Waals surface area contributed by atoms with Gasteiger partial charge in [-0.1, -0.05) is 15.9 Å². The molecule has 0 amide bonds. The fraction of sp³-hybridized carbons (Fsp3) is 0.500. The summed E-state index contributed by atoms with van der Waals surface area (Å²) in [6, 6.07) is 2.74. The van der Waals surface area contributed by atoms with E-state index in [9.17, 15) is 8.94 Å². The maximum absolute atomic E-state index is 13.4. The summed E-state index contributed by atoms with van der Waals surface area (Å²) in [6.45, 7) is 7.37. The molecule has 0 aromatic heterocycles. The molecule has 1 unspecified atom stereocenters. The van der Waals surface area contributed by atoms with Gasteiger partial charge in [0.05, 0.1) is 0 Å². The predicted molar refractivity (Wildman–Crippen MR) is 76.8 cm³/mol. The molecule has 0 aliphatic carbocycles. The monoisotopic (exact) mass is 336 g/mol. The fourth-order valence-corrected chi connectivity index (χ4v) is 2.50. The van der Waals surface area contributed by atoms with Crippen molar-refractivity contribution in [3.63, 3.8) is 0 Å². The molecule has 0 fully saturated rings. The van der Waals surface area contributed by atoms with E-state index in [1.807, 2.05) is 27.7 Å². The first-order chi connectivity index (χ1) is 8.12. The highest BCUT2D eigenvalue weighted by atomic mass is 79.9. The average molecular weight is 337 g/mol. The molecule has 0 radical (unpaired) electrons. The van der Waals surface area contributed by atoms with E-state index in [-0.39, 0.29) is 5.82 Å². The van der Waals surface area contributed by atoms with Gasteiger partial charge in [-0.15, -0.1) is 4.72 Å². The number of halogens is 2. The van der Waals surface area contributed by atoms with Crippen LogP contribution < -0.4 is 10.5 Å². The average Bonchev–Trinajstić information content (AvgIpc) is 2.21. The van der Waals surface area contributed by atoms with Crippen LogP contribution in [0.15, 0.2) is 16.6 Å². The van der Waals surface area contributed by atoms with Crippen molar-refractivity contribution in [2.24, 2.45) is 5.73 Å². The molecule has 1 aromatic carbocycles. The van der Waals surface area contributed by atoms with E-state index < -0.39 is 22.3 Å². The van der Waals surface area contributed by atoms with Crippen molar-refractivity contribution in [2.75, 3.05) is 0 Å². The van der Waals surface area contributed by atoms with Gasteiger partial charge in [-0.05, 0) is 51.0 Å². The first kappa shape index (κ1) is 15.9. The summed E-state index contributed by atoms with van der Waals surface area (Å²) < 4.78 is 28.3. The molecule has 0 aliphatic rings. The quantitative estimate of drug-likeness (QED) is 0.659. The van der Waals surface area contributed by atoms with E-state index in [0.717, 1.165) is 5.56 Å². The van der Waals surface area contributed by atoms with Crippen molar-refractivity contribution in [3.05, 3.63) is 33.5 Å². The predicted octanol–water partition coefficient (Wildman–Crippen LogP) is 2.91. The van der Waals surface area contributed by atoms with E-state index in [2.05, 4.69) is 20.7 Å². The van der Waals surface area contributed by atoms with Gasteiger partial charge in [-0.3, -0.25) is 0 Å². The minimum atomic E-state index is -1.30. The number of nitrogens with one attached hydrogen (secondary N) is 1. The SMILES string of the molecule is Cc1c(Br)cc(F)cc1[C@@H](N)N[S+]([O-])C(C)(C)C. The van der Waals surface area contributed by atoms with Gasteiger partial charge in [0.2, 0.25) is 0 Å². The molecule has 2 atom stereocenters. The van der Waals surface area contributed by atoms with Crippen molar-refractivity contribution in [2.45, 2.75) is 38.6 Å². The van der Waals surface area contributed by atoms with Crippen LogP contribution in [0.25, 0.3) is 0 Å². The third kappa shape index (κ3) is 3.93. The summed E-state index contributed by atoms with van der Waals surface area (Å²) in [4.78, 5) is 0. The highest BCUT2D eigenvalue weighted by molar-refractivity contribution is 9.10. The summed E-state index contributed by atoms with van der Waals surface area (Å²) >= 11 is 1.97. The maximum atomic E-state index is 13.4. The van der Waals surface area contributed by atoms with Crippen molar-refractivity contribution in [1.29, 1.82) is 0 Å². The van der Waals surface area contributed by atoms with Crippen LogP contribution in [0.3, 0.4) is 0 Å². The Morgan fingerprint density at radius 1 is 1.44 bits per heavy atom. The molecule has 1 aromatic rings. The van der Waals surface area contributed by atoms with Gasteiger partial charge in [0.1, 0.15) is 16.7 Å². The summed E-state index contributed by atoms with van der Waals surface area (Å²) in [5, 5.41) is 0. The third-order valence-electron chi connectivity index (χ3n) is 2.47. The van der Waals surface area contributed by atoms with Crippen molar-refractivity contribution in [1.82, 2.24) is 4.72 Å². The Hall–Kier alpha value is -0.140. The first-order valence-corrected chi connectivity index (χ1v) is 7.46. The Kier molecular flexibility index (Phi) is 5.20. The van der Waals surface area contributed by atoms with Crippen molar-refractivity contribution < 1.29 is 8.94 Å². The molecular formula is C12H18BrFN2OS. The number of hydrogen-bond acceptors (Lipinski definition) is 3. The number of hydrogen-bond donors (Lipinski definition) is 2. The largest absolute Gasteiger partial charge is 0.598 e. The van der Waals surface area contributed by atoms with Gasteiger partial charge >= 0.3 is 0 Å². The lowest BCUT2D eigenvalue weighted by molar-refractivity contribution is 0.525. The lowest BCUT2D eigenvalue weighted by Crippen LogP contribution is -2.44. The molecule has 1 rings (SSSR count). The summed E-state index contributed by atoms with van der Waals surface area (Å²) in [5.74, 6) is -0.374. The summed E-state index contributed by atoms with van der Waals surface area (Å²) in [6.07, 6.45) is -0.669. The lowest BCUT2D eigenvalue weighted by Gasteiger charge is -2.27. The van der Waals surface area contributed by atoms with Gasteiger partial charge in [0, 0.05) is 15.8 Å². The molecule has 0 bridgehead atoms. The molecule has 18 heavy (non-hydrogen) atoms. The van der Waals surface area contributed by atoms with E-state index >= 15 is 0 Å². The van der Waals surface area contributed by atoms with Gasteiger partial charge in [0.15, 0.2) is 0 Å². The van der Waals surface area contributed by atoms with Crippen LogP contribution >= 0.6 is 15.9 Å². The van der Waals surface area contributed by atoms with Crippen molar-refractivity contribution >= 4 is 27.3 Å². The lowest BCUT2D eigenvalue weighted by atomic mass is 10.1. The van der Waals surface area contributed by atoms with Crippen LogP contribution in [0.2, 0.25) is 0 Å². The normalized spacial score (nSPS) is 15.6. The highest BCUT2D eigenvalue weighted by Crippen LogP contribution is 2.25. The summed E-state index contributed by atoms with van der Waals surface area (Å²) in [7, 11) is 0. The zero-order valence-electron chi connectivity index (χ0n) is 10.9. The van der Waals surface area contributed by atoms with Gasteiger partial charge in [0.25, 0.3) is 0 Å². The maximum Gasteiger partial charge on any atom is 0.137 e. The van der Waals surface area contributed by atoms with E-state index in [4.69, 9.17) is 5.73 Å². The Labute approximate surface area is 119 Å². The molecular weight excluding hydrogens is 319 g/mol. The topological polar surface area (TPSA) is 61.1 Å². The Bertz CT molecular complexity index is 437. The number of nitrogens with two attached hydrogens (primary N) is 1. The van der Waals surface area contributed by atoms with Crippen LogP contribution in [-0.4, -0.2) is 9.30 Å². The van der Waals surface area contributed by atoms with E-state index in [0.29, 0.717) is 10.0 Å². The zero-order chi connectivity index (χ0) is 14.1. The molecule has 0 heterocycles. The molecule has 0 spiro atoms. The zero-order valence-corrected chi connectivity index (χ0v) is 13.3. The van der Waals surface area contributed by atoms with Gasteiger partial charge < -0.3 is 10.3 Å². The Morgan fingerprint density at radius 2 is 2.00 bits per heavy atom. The van der Waals surface area contributed by atoms with Crippen LogP contribution in [0.5, 0.6) is 0 Å². The van der Waals surface area contributed by atoms with Gasteiger partial charge in [-0.2, -0.15) is 0 Å². The second-order valence-electron chi connectivity index (χ2n) is 5.08. The minimum absolute atomic E-state index is 0.374. The van der Waals surface area contributed by atoms with E-state index in [1.54, 1.807) is 0 Å². The smallest absolute Gasteiger partial charge is 0.137 e. The Morgan fingerprint density at radius 3 is 2.50 bits per heavy atom. The molecule has 0 saturated heterocycles. The van der Waals surface area contributed by atoms with Gasteiger partial charge in [-0.25, -0.2) is 4.39 Å². The molecule has 3 nitrogen and oxygen atoms in total. The van der Waals surface area contributed by atoms with Crippen LogP contribution in [0.1, 0.15) is 38.1 Å². The van der Waals surface area contributed by atoms with Crippen LogP contribution in [0.4, 0.5) is 4.39 Å². The number of rotatable bonds is 3. The van der Waals surface area contributed by atoms with E-state index in [1.165, 1.54) is 12.1 Å². The molecule has 0 aliphatic heterocycles. The second kappa shape index (κ2) is 5.88. The van der Waals surface area contributed by atoms with Crippen LogP contribution in [-0.2, 0) is 11.4 Å². The van der Waals surface area contributed by atoms with Crippen molar-refractivity contribution in [3.8, 4) is 0 Å². The fourth-order valence-electron chi connectivity index (χ4n) is 1.34. The highest BCUT2D eigenvalue weighted by Gasteiger charge is 2.29. The summed E-state index contributed by atoms with van der Waals surface area (Å²) in [5.41, 5.74) is 7.37. The number of benzene rings is 1.